The smallest absolute Gasteiger partial charge is 0.0396 e. The van der Waals surface area contributed by atoms with E-state index < -0.39 is 0 Å². The number of fused-ring (bicyclic) bond motifs is 6. The van der Waals surface area contributed by atoms with Crippen molar-refractivity contribution in [1.29, 1.82) is 0 Å². The number of benzene rings is 4. The van der Waals surface area contributed by atoms with Crippen molar-refractivity contribution >= 4 is 5.69 Å². The standard InChI is InChI=1S/C26H21N/c27-25-15-7-11-21-17-19-9-2-5-13-23(19)22-12-4-1-8-18(22)16-20-10-3-6-14-24(20)26(21)25/h1-15H,16-17,27H2. The summed E-state index contributed by atoms with van der Waals surface area (Å²) in [7, 11) is 0. The monoisotopic (exact) mass is 347 g/mol. The van der Waals surface area contributed by atoms with Gasteiger partial charge in [-0.3, -0.25) is 0 Å². The minimum atomic E-state index is 0.853. The predicted molar refractivity (Wildman–Crippen MR) is 114 cm³/mol. The molecule has 5 rings (SSSR count). The number of hydrogen-bond acceptors (Lipinski definition) is 1. The van der Waals surface area contributed by atoms with Gasteiger partial charge >= 0.3 is 0 Å². The van der Waals surface area contributed by atoms with Crippen LogP contribution in [0.4, 0.5) is 5.69 Å². The summed E-state index contributed by atoms with van der Waals surface area (Å²) in [4.78, 5) is 0. The molecule has 0 saturated carbocycles. The SMILES string of the molecule is Nc1cccc2c1-c1ccccc1Cc1ccccc1-c1ccccc1C2. The Hall–Kier alpha value is -3.32. The van der Waals surface area contributed by atoms with Gasteiger partial charge in [-0.15, -0.1) is 0 Å². The van der Waals surface area contributed by atoms with Gasteiger partial charge in [0.05, 0.1) is 0 Å². The van der Waals surface area contributed by atoms with Crippen molar-refractivity contribution in [3.05, 3.63) is 113 Å². The van der Waals surface area contributed by atoms with E-state index in [1.54, 1.807) is 0 Å². The van der Waals surface area contributed by atoms with Crippen LogP contribution in [0.3, 0.4) is 0 Å². The van der Waals surface area contributed by atoms with E-state index in [1.807, 2.05) is 6.07 Å². The van der Waals surface area contributed by atoms with Gasteiger partial charge in [-0.05, 0) is 57.9 Å². The normalized spacial score (nSPS) is 12.3. The maximum absolute atomic E-state index is 6.48. The molecule has 0 amide bonds. The molecule has 2 N–H and O–H groups in total. The fraction of sp³-hybridized carbons (Fsp3) is 0.0769. The zero-order chi connectivity index (χ0) is 18.2. The molecular weight excluding hydrogens is 326 g/mol. The highest BCUT2D eigenvalue weighted by molar-refractivity contribution is 5.83. The van der Waals surface area contributed by atoms with Crippen LogP contribution in [0.1, 0.15) is 22.3 Å². The maximum Gasteiger partial charge on any atom is 0.0396 e. The topological polar surface area (TPSA) is 26.0 Å². The maximum atomic E-state index is 6.48. The van der Waals surface area contributed by atoms with E-state index in [2.05, 4.69) is 84.9 Å². The Morgan fingerprint density at radius 2 is 0.889 bits per heavy atom. The van der Waals surface area contributed by atoms with Gasteiger partial charge in [0, 0.05) is 11.3 Å². The Labute approximate surface area is 160 Å². The highest BCUT2D eigenvalue weighted by Crippen LogP contribution is 2.39. The molecular formula is C26H21N. The summed E-state index contributed by atoms with van der Waals surface area (Å²) in [6.45, 7) is 0. The zero-order valence-electron chi connectivity index (χ0n) is 15.2. The summed E-state index contributed by atoms with van der Waals surface area (Å²) in [5, 5.41) is 0. The molecule has 0 fully saturated rings. The van der Waals surface area contributed by atoms with E-state index in [9.17, 15) is 0 Å². The first kappa shape index (κ1) is 15.9. The molecule has 0 aromatic heterocycles. The van der Waals surface area contributed by atoms with Crippen molar-refractivity contribution in [1.82, 2.24) is 0 Å². The van der Waals surface area contributed by atoms with Crippen molar-refractivity contribution in [2.24, 2.45) is 0 Å². The van der Waals surface area contributed by atoms with Crippen LogP contribution in [-0.2, 0) is 12.8 Å². The fourth-order valence-corrected chi connectivity index (χ4v) is 4.30. The molecule has 0 aliphatic heterocycles. The summed E-state index contributed by atoms with van der Waals surface area (Å²) >= 11 is 0. The molecule has 0 saturated heterocycles. The van der Waals surface area contributed by atoms with E-state index >= 15 is 0 Å². The van der Waals surface area contributed by atoms with Crippen molar-refractivity contribution in [2.45, 2.75) is 12.8 Å². The third-order valence-electron chi connectivity index (χ3n) is 5.56. The van der Waals surface area contributed by atoms with E-state index in [4.69, 9.17) is 5.73 Å². The highest BCUT2D eigenvalue weighted by Gasteiger charge is 2.18. The molecule has 1 nitrogen and oxygen atoms in total. The minimum Gasteiger partial charge on any atom is -0.398 e. The molecule has 1 aliphatic carbocycles. The first-order chi connectivity index (χ1) is 13.3. The Balaban J connectivity index is 1.86. The first-order valence-electron chi connectivity index (χ1n) is 9.43. The van der Waals surface area contributed by atoms with E-state index in [1.165, 1.54) is 44.5 Å². The van der Waals surface area contributed by atoms with Gasteiger partial charge in [0.1, 0.15) is 0 Å². The minimum absolute atomic E-state index is 0.853. The summed E-state index contributed by atoms with van der Waals surface area (Å²) < 4.78 is 0. The molecule has 27 heavy (non-hydrogen) atoms. The van der Waals surface area contributed by atoms with Gasteiger partial charge < -0.3 is 5.73 Å². The lowest BCUT2D eigenvalue weighted by atomic mass is 9.83. The predicted octanol–water partition coefficient (Wildman–Crippen LogP) is 6.10. The molecule has 0 radical (unpaired) electrons. The third kappa shape index (κ3) is 2.72. The molecule has 0 atom stereocenters. The van der Waals surface area contributed by atoms with Gasteiger partial charge in [-0.1, -0.05) is 84.9 Å². The molecule has 0 spiro atoms. The lowest BCUT2D eigenvalue weighted by Gasteiger charge is -2.21. The highest BCUT2D eigenvalue weighted by atomic mass is 14.6. The second-order valence-corrected chi connectivity index (χ2v) is 7.21. The van der Waals surface area contributed by atoms with Crippen molar-refractivity contribution in [3.63, 3.8) is 0 Å². The van der Waals surface area contributed by atoms with Crippen LogP contribution in [0.2, 0.25) is 0 Å². The van der Waals surface area contributed by atoms with Crippen LogP contribution in [0.15, 0.2) is 91.0 Å². The zero-order valence-corrected chi connectivity index (χ0v) is 15.2. The van der Waals surface area contributed by atoms with Crippen molar-refractivity contribution < 1.29 is 0 Å². The van der Waals surface area contributed by atoms with Gasteiger partial charge in [0.2, 0.25) is 0 Å². The Kier molecular flexibility index (Phi) is 3.79. The molecule has 4 aromatic carbocycles. The number of hydrogen-bond donors (Lipinski definition) is 1. The lowest BCUT2D eigenvalue weighted by molar-refractivity contribution is 1.15. The summed E-state index contributed by atoms with van der Waals surface area (Å²) in [5.74, 6) is 0. The largest absolute Gasteiger partial charge is 0.398 e. The van der Waals surface area contributed by atoms with Crippen LogP contribution >= 0.6 is 0 Å². The second kappa shape index (κ2) is 6.44. The lowest BCUT2D eigenvalue weighted by Crippen LogP contribution is -2.04. The average molecular weight is 347 g/mol. The molecule has 0 bridgehead atoms. The van der Waals surface area contributed by atoms with Crippen LogP contribution in [-0.4, -0.2) is 0 Å². The number of nitrogen functional groups attached to an aromatic ring is 1. The van der Waals surface area contributed by atoms with E-state index in [0.717, 1.165) is 18.5 Å². The van der Waals surface area contributed by atoms with Crippen LogP contribution < -0.4 is 5.73 Å². The van der Waals surface area contributed by atoms with Gasteiger partial charge in [-0.2, -0.15) is 0 Å². The van der Waals surface area contributed by atoms with Gasteiger partial charge in [-0.25, -0.2) is 0 Å². The summed E-state index contributed by atoms with van der Waals surface area (Å²) in [5.41, 5.74) is 17.7. The third-order valence-corrected chi connectivity index (χ3v) is 5.56. The average Bonchev–Trinajstić information content (AvgIpc) is 2.70. The van der Waals surface area contributed by atoms with E-state index in [0.29, 0.717) is 0 Å². The summed E-state index contributed by atoms with van der Waals surface area (Å²) in [6, 6.07) is 32.5. The second-order valence-electron chi connectivity index (χ2n) is 7.21. The first-order valence-corrected chi connectivity index (χ1v) is 9.43. The van der Waals surface area contributed by atoms with Crippen LogP contribution in [0, 0.1) is 0 Å². The van der Waals surface area contributed by atoms with Crippen LogP contribution in [0.5, 0.6) is 0 Å². The Bertz CT molecular complexity index is 1140. The van der Waals surface area contributed by atoms with Crippen molar-refractivity contribution in [3.8, 4) is 22.3 Å². The van der Waals surface area contributed by atoms with Crippen LogP contribution in [0.25, 0.3) is 22.3 Å². The quantitative estimate of drug-likeness (QED) is 0.337. The molecule has 0 heterocycles. The van der Waals surface area contributed by atoms with E-state index in [-0.39, 0.29) is 0 Å². The molecule has 4 aromatic rings. The molecule has 130 valence electrons. The fourth-order valence-electron chi connectivity index (χ4n) is 4.30. The molecule has 0 unspecified atom stereocenters. The molecule has 1 heteroatoms. The summed E-state index contributed by atoms with van der Waals surface area (Å²) in [6.07, 6.45) is 1.77. The number of rotatable bonds is 0. The number of anilines is 1. The Morgan fingerprint density at radius 1 is 0.444 bits per heavy atom. The Morgan fingerprint density at radius 3 is 1.52 bits per heavy atom. The van der Waals surface area contributed by atoms with Gasteiger partial charge in [0.25, 0.3) is 0 Å². The molecule has 1 aliphatic rings. The van der Waals surface area contributed by atoms with Crippen molar-refractivity contribution in [2.75, 3.05) is 5.73 Å². The number of nitrogens with two attached hydrogens (primary N) is 1. The van der Waals surface area contributed by atoms with Gasteiger partial charge in [0.15, 0.2) is 0 Å².